The SMILES string of the molecule is COc1ccc(F)c(CNc2cccc3c2CN([C@H]2CCC(=O)NC2=O)C3=O)c1. The van der Waals surface area contributed by atoms with Crippen molar-refractivity contribution in [2.75, 3.05) is 12.4 Å². The Morgan fingerprint density at radius 3 is 2.83 bits per heavy atom. The van der Waals surface area contributed by atoms with Crippen molar-refractivity contribution in [2.45, 2.75) is 32.0 Å². The van der Waals surface area contributed by atoms with Crippen LogP contribution in [0.2, 0.25) is 0 Å². The summed E-state index contributed by atoms with van der Waals surface area (Å²) in [6, 6.07) is 9.12. The van der Waals surface area contributed by atoms with E-state index in [0.29, 0.717) is 29.0 Å². The average Bonchev–Trinajstić information content (AvgIpc) is 3.04. The number of piperidine rings is 1. The van der Waals surface area contributed by atoms with Gasteiger partial charge in [-0.2, -0.15) is 0 Å². The molecule has 4 rings (SSSR count). The van der Waals surface area contributed by atoms with Gasteiger partial charge >= 0.3 is 0 Å². The molecule has 0 aromatic heterocycles. The Hall–Kier alpha value is -3.42. The van der Waals surface area contributed by atoms with Crippen molar-refractivity contribution in [3.05, 3.63) is 58.9 Å². The maximum Gasteiger partial charge on any atom is 0.255 e. The molecule has 7 nitrogen and oxygen atoms in total. The van der Waals surface area contributed by atoms with Gasteiger partial charge in [-0.25, -0.2) is 4.39 Å². The zero-order valence-electron chi connectivity index (χ0n) is 15.8. The third-order valence-corrected chi connectivity index (χ3v) is 5.30. The number of halogens is 1. The van der Waals surface area contributed by atoms with E-state index in [4.69, 9.17) is 4.74 Å². The minimum atomic E-state index is -0.670. The van der Waals surface area contributed by atoms with Gasteiger partial charge in [0.15, 0.2) is 0 Å². The van der Waals surface area contributed by atoms with Crippen molar-refractivity contribution in [3.63, 3.8) is 0 Å². The van der Waals surface area contributed by atoms with E-state index in [1.165, 1.54) is 18.1 Å². The molecule has 8 heteroatoms. The summed E-state index contributed by atoms with van der Waals surface area (Å²) in [5.74, 6) is -0.813. The highest BCUT2D eigenvalue weighted by Crippen LogP contribution is 2.32. The van der Waals surface area contributed by atoms with Gasteiger partial charge in [0.1, 0.15) is 17.6 Å². The van der Waals surface area contributed by atoms with Crippen LogP contribution in [0.25, 0.3) is 0 Å². The summed E-state index contributed by atoms with van der Waals surface area (Å²) in [6.07, 6.45) is 0.513. The third-order valence-electron chi connectivity index (χ3n) is 5.30. The van der Waals surface area contributed by atoms with E-state index in [1.54, 1.807) is 24.3 Å². The predicted octanol–water partition coefficient (Wildman–Crippen LogP) is 2.21. The van der Waals surface area contributed by atoms with Crippen LogP contribution in [0, 0.1) is 5.82 Å². The topological polar surface area (TPSA) is 87.7 Å². The molecule has 1 saturated heterocycles. The van der Waals surface area contributed by atoms with Crippen LogP contribution in [0.15, 0.2) is 36.4 Å². The molecule has 1 fully saturated rings. The molecule has 150 valence electrons. The van der Waals surface area contributed by atoms with Crippen LogP contribution in [-0.4, -0.2) is 35.8 Å². The number of methoxy groups -OCH3 is 1. The number of hydrogen-bond acceptors (Lipinski definition) is 5. The minimum Gasteiger partial charge on any atom is -0.497 e. The largest absolute Gasteiger partial charge is 0.497 e. The Labute approximate surface area is 166 Å². The summed E-state index contributed by atoms with van der Waals surface area (Å²) in [5.41, 5.74) is 2.40. The molecule has 0 saturated carbocycles. The van der Waals surface area contributed by atoms with Gasteiger partial charge in [-0.15, -0.1) is 0 Å². The number of hydrogen-bond donors (Lipinski definition) is 2. The molecule has 0 spiro atoms. The van der Waals surface area contributed by atoms with Crippen LogP contribution in [0.1, 0.15) is 34.3 Å². The molecule has 0 radical (unpaired) electrons. The van der Waals surface area contributed by atoms with E-state index >= 15 is 0 Å². The highest BCUT2D eigenvalue weighted by atomic mass is 19.1. The molecule has 2 aromatic rings. The van der Waals surface area contributed by atoms with E-state index in [0.717, 1.165) is 5.56 Å². The fourth-order valence-electron chi connectivity index (χ4n) is 3.76. The van der Waals surface area contributed by atoms with Gasteiger partial charge in [-0.1, -0.05) is 6.07 Å². The Balaban J connectivity index is 1.54. The molecule has 3 amide bonds. The lowest BCUT2D eigenvalue weighted by molar-refractivity contribution is -0.136. The smallest absolute Gasteiger partial charge is 0.255 e. The molecule has 0 bridgehead atoms. The molecule has 2 heterocycles. The fraction of sp³-hybridized carbons (Fsp3) is 0.286. The molecule has 2 aliphatic rings. The van der Waals surface area contributed by atoms with Crippen LogP contribution in [0.3, 0.4) is 0 Å². The maximum absolute atomic E-state index is 14.1. The van der Waals surface area contributed by atoms with Gasteiger partial charge < -0.3 is 15.0 Å². The average molecular weight is 397 g/mol. The van der Waals surface area contributed by atoms with Gasteiger partial charge in [-0.05, 0) is 36.8 Å². The molecule has 1 atom stereocenters. The third kappa shape index (κ3) is 3.53. The predicted molar refractivity (Wildman–Crippen MR) is 103 cm³/mol. The fourth-order valence-corrected chi connectivity index (χ4v) is 3.76. The second-order valence-electron chi connectivity index (χ2n) is 7.04. The second-order valence-corrected chi connectivity index (χ2v) is 7.04. The molecule has 2 aliphatic heterocycles. The van der Waals surface area contributed by atoms with Gasteiger partial charge in [0.25, 0.3) is 5.91 Å². The lowest BCUT2D eigenvalue weighted by atomic mass is 10.0. The van der Waals surface area contributed by atoms with Crippen LogP contribution in [0.4, 0.5) is 10.1 Å². The lowest BCUT2D eigenvalue weighted by Crippen LogP contribution is -2.52. The quantitative estimate of drug-likeness (QED) is 0.756. The van der Waals surface area contributed by atoms with Crippen molar-refractivity contribution in [1.82, 2.24) is 10.2 Å². The number of anilines is 1. The number of amides is 3. The van der Waals surface area contributed by atoms with Crippen LogP contribution in [-0.2, 0) is 22.7 Å². The Bertz CT molecular complexity index is 1010. The van der Waals surface area contributed by atoms with Gasteiger partial charge in [0, 0.05) is 41.9 Å². The number of nitrogens with zero attached hydrogens (tertiary/aromatic N) is 1. The summed E-state index contributed by atoms with van der Waals surface area (Å²) in [4.78, 5) is 37.9. The molecule has 29 heavy (non-hydrogen) atoms. The van der Waals surface area contributed by atoms with Crippen molar-refractivity contribution >= 4 is 23.4 Å². The van der Waals surface area contributed by atoms with E-state index in [1.807, 2.05) is 6.07 Å². The molecule has 0 unspecified atom stereocenters. The number of carbonyl (C=O) groups excluding carboxylic acids is 3. The van der Waals surface area contributed by atoms with E-state index in [9.17, 15) is 18.8 Å². The maximum atomic E-state index is 14.1. The van der Waals surface area contributed by atoms with E-state index < -0.39 is 11.9 Å². The van der Waals surface area contributed by atoms with Crippen molar-refractivity contribution in [3.8, 4) is 5.75 Å². The highest BCUT2D eigenvalue weighted by Gasteiger charge is 2.39. The number of benzene rings is 2. The monoisotopic (exact) mass is 397 g/mol. The summed E-state index contributed by atoms with van der Waals surface area (Å²) in [6.45, 7) is 0.469. The van der Waals surface area contributed by atoms with Gasteiger partial charge in [0.2, 0.25) is 11.8 Å². The lowest BCUT2D eigenvalue weighted by Gasteiger charge is -2.29. The van der Waals surface area contributed by atoms with Crippen molar-refractivity contribution in [1.29, 1.82) is 0 Å². The molecule has 2 aromatic carbocycles. The number of imide groups is 1. The van der Waals surface area contributed by atoms with Crippen LogP contribution >= 0.6 is 0 Å². The first-order valence-corrected chi connectivity index (χ1v) is 9.30. The van der Waals surface area contributed by atoms with Crippen molar-refractivity contribution in [2.24, 2.45) is 0 Å². The number of nitrogens with one attached hydrogen (secondary N) is 2. The number of carbonyl (C=O) groups is 3. The van der Waals surface area contributed by atoms with E-state index in [-0.39, 0.29) is 37.1 Å². The summed E-state index contributed by atoms with van der Waals surface area (Å²) < 4.78 is 19.2. The second kappa shape index (κ2) is 7.54. The molecule has 0 aliphatic carbocycles. The Morgan fingerprint density at radius 1 is 1.24 bits per heavy atom. The highest BCUT2D eigenvalue weighted by molar-refractivity contribution is 6.06. The van der Waals surface area contributed by atoms with Crippen LogP contribution in [0.5, 0.6) is 5.75 Å². The Kier molecular flexibility index (Phi) is 4.92. The number of fused-ring (bicyclic) bond motifs is 1. The molecule has 2 N–H and O–H groups in total. The zero-order valence-corrected chi connectivity index (χ0v) is 15.8. The first-order chi connectivity index (χ1) is 14.0. The summed E-state index contributed by atoms with van der Waals surface area (Å²) in [5, 5.41) is 5.48. The first-order valence-electron chi connectivity index (χ1n) is 9.30. The summed E-state index contributed by atoms with van der Waals surface area (Å²) >= 11 is 0. The molecular weight excluding hydrogens is 377 g/mol. The normalized spacial score (nSPS) is 18.5. The van der Waals surface area contributed by atoms with Gasteiger partial charge in [-0.3, -0.25) is 19.7 Å². The summed E-state index contributed by atoms with van der Waals surface area (Å²) in [7, 11) is 1.52. The van der Waals surface area contributed by atoms with E-state index in [2.05, 4.69) is 10.6 Å². The zero-order chi connectivity index (χ0) is 20.5. The minimum absolute atomic E-state index is 0.205. The van der Waals surface area contributed by atoms with Gasteiger partial charge in [0.05, 0.1) is 7.11 Å². The Morgan fingerprint density at radius 2 is 2.07 bits per heavy atom. The van der Waals surface area contributed by atoms with Crippen LogP contribution < -0.4 is 15.4 Å². The number of rotatable bonds is 5. The van der Waals surface area contributed by atoms with Crippen molar-refractivity contribution < 1.29 is 23.5 Å². The molecular formula is C21H20FN3O4. The number of ether oxygens (including phenoxy) is 1. The standard InChI is InChI=1S/C21H20FN3O4/c1-29-13-5-6-16(22)12(9-13)10-23-17-4-2-3-14-15(17)11-25(21(14)28)18-7-8-19(26)24-20(18)27/h2-6,9,18,23H,7-8,10-11H2,1H3,(H,24,26,27)/t18-/m0/s1. The first kappa shape index (κ1) is 18.9.